The first kappa shape index (κ1) is 11.3. The molecule has 0 N–H and O–H groups in total. The maximum absolute atomic E-state index is 10.3. The van der Waals surface area contributed by atoms with E-state index < -0.39 is 33.9 Å². The molecule has 62 valence electrons. The van der Waals surface area contributed by atoms with Crippen molar-refractivity contribution in [3.05, 3.63) is 0 Å². The molecule has 0 heterocycles. The molecule has 0 atom stereocenters. The van der Waals surface area contributed by atoms with E-state index in [1.807, 2.05) is 0 Å². The van der Waals surface area contributed by atoms with E-state index in [1.54, 1.807) is 0 Å². The maximum atomic E-state index is 10.3. The minimum absolute atomic E-state index is 0.223. The van der Waals surface area contributed by atoms with Crippen LogP contribution in [0.15, 0.2) is 0 Å². The molecule has 0 spiro atoms. The van der Waals surface area contributed by atoms with Crippen LogP contribution in [0.3, 0.4) is 0 Å². The molecule has 0 aliphatic heterocycles. The van der Waals surface area contributed by atoms with E-state index >= 15 is 0 Å². The fourth-order valence-corrected chi connectivity index (χ4v) is 1.86. The van der Waals surface area contributed by atoms with Crippen LogP contribution in [0, 0.1) is 0 Å². The Morgan fingerprint density at radius 3 is 1.73 bits per heavy atom. The molecule has 0 fully saturated rings. The molecule has 0 amide bonds. The number of carbonyl (C=O) groups is 2. The molecule has 0 aliphatic carbocycles. The van der Waals surface area contributed by atoms with Gasteiger partial charge >= 0.3 is 84.6 Å². The standard InChI is InChI=1S/2C2H3ClO2.Sn/c2*3-1-2(4)5;/h2*1H2,(H,4,5);/q;;+2/p-2. The van der Waals surface area contributed by atoms with Gasteiger partial charge in [0.25, 0.3) is 0 Å². The van der Waals surface area contributed by atoms with Crippen molar-refractivity contribution < 1.29 is 15.7 Å². The summed E-state index contributed by atoms with van der Waals surface area (Å²) in [4.78, 5) is 20.7. The Bertz CT molecular complexity index is 135. The Hall–Kier alpha value is 0.319. The third kappa shape index (κ3) is 6.71. The zero-order chi connectivity index (χ0) is 8.69. The summed E-state index contributed by atoms with van der Waals surface area (Å²) in [7, 11) is 0. The average Bonchev–Trinajstić information content (AvgIpc) is 2.04. The summed E-state index contributed by atoms with van der Waals surface area (Å²) in [6.07, 6.45) is 0. The first-order valence-electron chi connectivity index (χ1n) is 2.47. The van der Waals surface area contributed by atoms with E-state index in [4.69, 9.17) is 23.2 Å². The molecule has 0 bridgehead atoms. The number of carbonyl (C=O) groups excluding carboxylic acids is 2. The number of hydrogen-bond donors (Lipinski definition) is 0. The van der Waals surface area contributed by atoms with Crippen LogP contribution in [0.25, 0.3) is 0 Å². The quantitative estimate of drug-likeness (QED) is 0.545. The Morgan fingerprint density at radius 2 is 1.45 bits per heavy atom. The monoisotopic (exact) mass is 306 g/mol. The van der Waals surface area contributed by atoms with Crippen molar-refractivity contribution in [2.75, 3.05) is 11.8 Å². The number of hydrogen-bond acceptors (Lipinski definition) is 4. The molecule has 0 saturated carbocycles. The first-order chi connectivity index (χ1) is 5.20. The summed E-state index contributed by atoms with van der Waals surface area (Å²) in [6.45, 7) is 0. The molecular weight excluding hydrogens is 302 g/mol. The fourth-order valence-electron chi connectivity index (χ4n) is 0.168. The van der Waals surface area contributed by atoms with Crippen LogP contribution < -0.4 is 0 Å². The summed E-state index contributed by atoms with van der Waals surface area (Å²) in [5, 5.41) is 0. The molecule has 0 saturated heterocycles. The molecule has 0 rings (SSSR count). The van der Waals surface area contributed by atoms with Crippen molar-refractivity contribution in [2.24, 2.45) is 0 Å². The average molecular weight is 306 g/mol. The van der Waals surface area contributed by atoms with Crippen LogP contribution in [0.5, 0.6) is 0 Å². The zero-order valence-electron chi connectivity index (χ0n) is 5.30. The van der Waals surface area contributed by atoms with E-state index in [9.17, 15) is 9.59 Å². The van der Waals surface area contributed by atoms with Crippen LogP contribution in [-0.4, -0.2) is 45.7 Å². The molecule has 0 aliphatic rings. The second-order valence-corrected chi connectivity index (χ2v) is 3.47. The predicted molar refractivity (Wildman–Crippen MR) is 39.4 cm³/mol. The topological polar surface area (TPSA) is 52.6 Å². The Labute approximate surface area is 84.4 Å². The van der Waals surface area contributed by atoms with Crippen LogP contribution in [0.4, 0.5) is 0 Å². The normalized spacial score (nSPS) is 8.91. The number of halogens is 2. The van der Waals surface area contributed by atoms with E-state index in [2.05, 4.69) is 6.15 Å². The molecule has 0 unspecified atom stereocenters. The van der Waals surface area contributed by atoms with Crippen LogP contribution in [0.1, 0.15) is 0 Å². The Balaban J connectivity index is 3.27. The van der Waals surface area contributed by atoms with Gasteiger partial charge in [0, 0.05) is 0 Å². The predicted octanol–water partition coefficient (Wildman–Crippen LogP) is 0.0846. The van der Waals surface area contributed by atoms with Gasteiger partial charge in [0.05, 0.1) is 0 Å². The van der Waals surface area contributed by atoms with Gasteiger partial charge in [-0.1, -0.05) is 0 Å². The molecule has 0 aromatic carbocycles. The van der Waals surface area contributed by atoms with Gasteiger partial charge in [0.1, 0.15) is 0 Å². The van der Waals surface area contributed by atoms with Crippen LogP contribution in [0.2, 0.25) is 0 Å². The Morgan fingerprint density at radius 1 is 1.09 bits per heavy atom. The molecule has 11 heavy (non-hydrogen) atoms. The molecular formula is C4H4Cl2O4Sn. The third-order valence-electron chi connectivity index (χ3n) is 0.529. The summed E-state index contributed by atoms with van der Waals surface area (Å²) in [5.41, 5.74) is 0. The summed E-state index contributed by atoms with van der Waals surface area (Å²) < 4.78 is 8.92. The second-order valence-electron chi connectivity index (χ2n) is 1.30. The molecule has 2 radical (unpaired) electrons. The van der Waals surface area contributed by atoms with Gasteiger partial charge in [0.15, 0.2) is 0 Å². The SMILES string of the molecule is O=C(CCl)[O][Sn][O]C(=O)CCl. The zero-order valence-corrected chi connectivity index (χ0v) is 9.67. The van der Waals surface area contributed by atoms with Crippen molar-refractivity contribution in [3.8, 4) is 0 Å². The third-order valence-corrected chi connectivity index (χ3v) is 2.74. The fraction of sp³-hybridized carbons (Fsp3) is 0.500. The Kier molecular flexibility index (Phi) is 7.20. The van der Waals surface area contributed by atoms with Crippen molar-refractivity contribution in [3.63, 3.8) is 0 Å². The summed E-state index contributed by atoms with van der Waals surface area (Å²) >= 11 is 8.35. The van der Waals surface area contributed by atoms with Crippen molar-refractivity contribution in [2.45, 2.75) is 0 Å². The van der Waals surface area contributed by atoms with Gasteiger partial charge in [-0.3, -0.25) is 0 Å². The van der Waals surface area contributed by atoms with Gasteiger partial charge in [-0.05, 0) is 0 Å². The van der Waals surface area contributed by atoms with Crippen molar-refractivity contribution in [1.29, 1.82) is 0 Å². The van der Waals surface area contributed by atoms with Gasteiger partial charge in [-0.25, -0.2) is 0 Å². The second kappa shape index (κ2) is 6.99. The van der Waals surface area contributed by atoms with E-state index in [0.717, 1.165) is 0 Å². The van der Waals surface area contributed by atoms with Gasteiger partial charge < -0.3 is 0 Å². The van der Waals surface area contributed by atoms with Crippen LogP contribution >= 0.6 is 23.2 Å². The molecule has 7 heteroatoms. The van der Waals surface area contributed by atoms with Gasteiger partial charge in [-0.2, -0.15) is 0 Å². The van der Waals surface area contributed by atoms with Crippen molar-refractivity contribution >= 4 is 57.1 Å². The summed E-state index contributed by atoms with van der Waals surface area (Å²) in [6, 6.07) is 0. The minimum atomic E-state index is -1.83. The molecule has 0 aromatic rings. The van der Waals surface area contributed by atoms with Crippen LogP contribution in [-0.2, 0) is 15.7 Å². The van der Waals surface area contributed by atoms with E-state index in [0.29, 0.717) is 0 Å². The summed E-state index contributed by atoms with van der Waals surface area (Å²) in [5.74, 6) is -1.58. The first-order valence-corrected chi connectivity index (χ1v) is 5.87. The van der Waals surface area contributed by atoms with Crippen molar-refractivity contribution in [1.82, 2.24) is 0 Å². The molecule has 0 aromatic heterocycles. The number of rotatable bonds is 4. The van der Waals surface area contributed by atoms with Gasteiger partial charge in [-0.15, -0.1) is 0 Å². The van der Waals surface area contributed by atoms with Gasteiger partial charge in [0.2, 0.25) is 0 Å². The van der Waals surface area contributed by atoms with E-state index in [-0.39, 0.29) is 11.8 Å². The number of alkyl halides is 2. The molecule has 4 nitrogen and oxygen atoms in total. The van der Waals surface area contributed by atoms with E-state index in [1.165, 1.54) is 0 Å².